The smallest absolute Gasteiger partial charge is 0.420 e. The molecule has 9 nitrogen and oxygen atoms in total. The predicted octanol–water partition coefficient (Wildman–Crippen LogP) is 0.562. The van der Waals surface area contributed by atoms with Gasteiger partial charge in [0.05, 0.1) is 17.0 Å². The highest BCUT2D eigenvalue weighted by Gasteiger charge is 2.36. The molecule has 0 N–H and O–H groups in total. The number of hydrogen-bond donors (Lipinski definition) is 0. The minimum absolute atomic E-state index is 0.0477. The van der Waals surface area contributed by atoms with Gasteiger partial charge < -0.3 is 14.1 Å². The molecule has 1 amide bonds. The molecule has 28 heavy (non-hydrogen) atoms. The van der Waals surface area contributed by atoms with E-state index < -0.39 is 46.2 Å². The number of carbonyl (C=O) groups is 2. The Morgan fingerprint density at radius 3 is 2.71 bits per heavy atom. The van der Waals surface area contributed by atoms with E-state index >= 15 is 0 Å². The van der Waals surface area contributed by atoms with E-state index in [0.717, 1.165) is 4.57 Å². The number of ether oxygens (including phenoxy) is 1. The fourth-order valence-corrected chi connectivity index (χ4v) is 5.16. The molecule has 2 aromatic rings. The second kappa shape index (κ2) is 7.78. The molecule has 1 saturated heterocycles. The zero-order valence-corrected chi connectivity index (χ0v) is 16.5. The van der Waals surface area contributed by atoms with Crippen LogP contribution in [-0.2, 0) is 30.7 Å². The molecule has 152 valence electrons. The first-order valence-corrected chi connectivity index (χ1v) is 10.8. The Morgan fingerprint density at radius 2 is 2.07 bits per heavy atom. The molecule has 10 heteroatoms. The first kappa shape index (κ1) is 20.1. The third-order valence-corrected chi connectivity index (χ3v) is 6.54. The second-order valence-corrected chi connectivity index (χ2v) is 8.96. The number of oxazole rings is 1. The lowest BCUT2D eigenvalue weighted by Gasteiger charge is -2.29. The van der Waals surface area contributed by atoms with Crippen molar-refractivity contribution in [2.45, 2.75) is 39.0 Å². The average molecular weight is 410 g/mol. The molecule has 0 saturated carbocycles. The van der Waals surface area contributed by atoms with Gasteiger partial charge in [-0.2, -0.15) is 0 Å². The monoisotopic (exact) mass is 410 g/mol. The second-order valence-electron chi connectivity index (χ2n) is 6.74. The largest absolute Gasteiger partial charge is 0.451 e. The Labute approximate surface area is 161 Å². The van der Waals surface area contributed by atoms with Crippen LogP contribution in [-0.4, -0.2) is 60.0 Å². The normalized spacial score (nSPS) is 19.4. The summed E-state index contributed by atoms with van der Waals surface area (Å²) in [6.07, 6.45) is -0.719. The molecule has 0 radical (unpaired) electrons. The third kappa shape index (κ3) is 4.11. The molecular formula is C18H22N2O7S. The van der Waals surface area contributed by atoms with Gasteiger partial charge in [0.2, 0.25) is 0 Å². The van der Waals surface area contributed by atoms with Gasteiger partial charge in [0.25, 0.3) is 5.91 Å². The van der Waals surface area contributed by atoms with Gasteiger partial charge in [-0.1, -0.05) is 12.1 Å². The van der Waals surface area contributed by atoms with E-state index in [0.29, 0.717) is 24.1 Å². The summed E-state index contributed by atoms with van der Waals surface area (Å²) < 4.78 is 34.8. The van der Waals surface area contributed by atoms with Gasteiger partial charge in [0, 0.05) is 12.6 Å². The molecule has 0 aliphatic carbocycles. The number of carbonyl (C=O) groups excluding carboxylic acids is 2. The van der Waals surface area contributed by atoms with Crippen molar-refractivity contribution in [3.8, 4) is 0 Å². The van der Waals surface area contributed by atoms with Crippen molar-refractivity contribution in [1.29, 1.82) is 0 Å². The quantitative estimate of drug-likeness (QED) is 0.639. The number of fused-ring (bicyclic) bond motifs is 1. The Kier molecular flexibility index (Phi) is 5.59. The SMILES string of the molecule is CCN(C(=O)C(C)OC(=O)Cn1c(=O)oc2ccccc21)C1CCS(=O)(=O)C1. The Hall–Kier alpha value is -2.62. The Bertz CT molecular complexity index is 1050. The van der Waals surface area contributed by atoms with Crippen LogP contribution in [0.3, 0.4) is 0 Å². The van der Waals surface area contributed by atoms with Gasteiger partial charge in [-0.15, -0.1) is 0 Å². The summed E-state index contributed by atoms with van der Waals surface area (Å²) in [5, 5.41) is 0. The van der Waals surface area contributed by atoms with Crippen LogP contribution in [0.1, 0.15) is 20.3 Å². The highest BCUT2D eigenvalue weighted by molar-refractivity contribution is 7.91. The van der Waals surface area contributed by atoms with E-state index in [9.17, 15) is 22.8 Å². The zero-order chi connectivity index (χ0) is 20.5. The molecule has 2 atom stereocenters. The van der Waals surface area contributed by atoms with E-state index in [-0.39, 0.29) is 11.5 Å². The molecule has 0 bridgehead atoms. The number of likely N-dealkylation sites (N-methyl/N-ethyl adjacent to an activating group) is 1. The number of rotatable bonds is 6. The summed E-state index contributed by atoms with van der Waals surface area (Å²) in [5.41, 5.74) is 0.804. The molecule has 1 aliphatic rings. The summed E-state index contributed by atoms with van der Waals surface area (Å²) in [6, 6.07) is 6.25. The van der Waals surface area contributed by atoms with Crippen LogP contribution in [0.15, 0.2) is 33.5 Å². The van der Waals surface area contributed by atoms with Crippen LogP contribution < -0.4 is 5.76 Å². The highest BCUT2D eigenvalue weighted by atomic mass is 32.2. The third-order valence-electron chi connectivity index (χ3n) is 4.79. The van der Waals surface area contributed by atoms with Crippen LogP contribution >= 0.6 is 0 Å². The van der Waals surface area contributed by atoms with Crippen molar-refractivity contribution in [3.63, 3.8) is 0 Å². The van der Waals surface area contributed by atoms with Gasteiger partial charge in [0.15, 0.2) is 21.5 Å². The predicted molar refractivity (Wildman–Crippen MR) is 100 cm³/mol. The molecule has 1 aromatic heterocycles. The van der Waals surface area contributed by atoms with E-state index in [1.165, 1.54) is 11.8 Å². The average Bonchev–Trinajstić information content (AvgIpc) is 3.15. The number of amides is 1. The molecule has 1 aromatic carbocycles. The lowest BCUT2D eigenvalue weighted by molar-refractivity contribution is -0.160. The number of nitrogens with zero attached hydrogens (tertiary/aromatic N) is 2. The van der Waals surface area contributed by atoms with E-state index in [4.69, 9.17) is 9.15 Å². The number of para-hydroxylation sites is 2. The van der Waals surface area contributed by atoms with E-state index in [2.05, 4.69) is 0 Å². The molecule has 3 rings (SSSR count). The molecule has 1 fully saturated rings. The van der Waals surface area contributed by atoms with Gasteiger partial charge in [-0.25, -0.2) is 13.2 Å². The minimum Gasteiger partial charge on any atom is -0.451 e. The minimum atomic E-state index is -3.14. The lowest BCUT2D eigenvalue weighted by Crippen LogP contribution is -2.46. The van der Waals surface area contributed by atoms with Crippen LogP contribution in [0.4, 0.5) is 0 Å². The first-order chi connectivity index (χ1) is 13.2. The van der Waals surface area contributed by atoms with Crippen molar-refractivity contribution in [2.24, 2.45) is 0 Å². The maximum atomic E-state index is 12.7. The molecule has 1 aliphatic heterocycles. The molecule has 2 heterocycles. The van der Waals surface area contributed by atoms with E-state index in [1.807, 2.05) is 0 Å². The van der Waals surface area contributed by atoms with E-state index in [1.54, 1.807) is 31.2 Å². The number of aromatic nitrogens is 1. The number of esters is 1. The van der Waals surface area contributed by atoms with Crippen LogP contribution in [0.2, 0.25) is 0 Å². The van der Waals surface area contributed by atoms with Crippen molar-refractivity contribution in [1.82, 2.24) is 9.47 Å². The summed E-state index contributed by atoms with van der Waals surface area (Å²) in [4.78, 5) is 38.3. The van der Waals surface area contributed by atoms with Gasteiger partial charge in [-0.3, -0.25) is 14.2 Å². The van der Waals surface area contributed by atoms with Crippen molar-refractivity contribution < 1.29 is 27.2 Å². The maximum Gasteiger partial charge on any atom is 0.420 e. The molecule has 0 spiro atoms. The number of hydrogen-bond acceptors (Lipinski definition) is 7. The van der Waals surface area contributed by atoms with Crippen molar-refractivity contribution in [3.05, 3.63) is 34.8 Å². The fourth-order valence-electron chi connectivity index (χ4n) is 3.43. The Morgan fingerprint density at radius 1 is 1.36 bits per heavy atom. The standard InChI is InChI=1S/C18H22N2O7S/c1-3-19(13-8-9-28(24,25)11-13)17(22)12(2)26-16(21)10-20-14-6-4-5-7-15(14)27-18(20)23/h4-7,12-13H,3,8-11H2,1-2H3. The summed E-state index contributed by atoms with van der Waals surface area (Å²) >= 11 is 0. The summed E-state index contributed by atoms with van der Waals surface area (Å²) in [5.74, 6) is -1.94. The van der Waals surface area contributed by atoms with Crippen LogP contribution in [0.25, 0.3) is 11.1 Å². The summed E-state index contributed by atoms with van der Waals surface area (Å²) in [7, 11) is -3.14. The first-order valence-electron chi connectivity index (χ1n) is 9.00. The Balaban J connectivity index is 1.67. The fraction of sp³-hybridized carbons (Fsp3) is 0.500. The highest BCUT2D eigenvalue weighted by Crippen LogP contribution is 2.19. The molecular weight excluding hydrogens is 388 g/mol. The van der Waals surface area contributed by atoms with Crippen molar-refractivity contribution >= 4 is 32.8 Å². The maximum absolute atomic E-state index is 12.7. The number of benzene rings is 1. The zero-order valence-electron chi connectivity index (χ0n) is 15.7. The van der Waals surface area contributed by atoms with Crippen molar-refractivity contribution in [2.75, 3.05) is 18.1 Å². The van der Waals surface area contributed by atoms with Gasteiger partial charge >= 0.3 is 11.7 Å². The van der Waals surface area contributed by atoms with Gasteiger partial charge in [0.1, 0.15) is 6.54 Å². The topological polar surface area (TPSA) is 116 Å². The van der Waals surface area contributed by atoms with Gasteiger partial charge in [-0.05, 0) is 32.4 Å². The molecule has 2 unspecified atom stereocenters. The van der Waals surface area contributed by atoms with Crippen LogP contribution in [0.5, 0.6) is 0 Å². The summed E-state index contributed by atoms with van der Waals surface area (Å²) in [6.45, 7) is 3.10. The lowest BCUT2D eigenvalue weighted by atomic mass is 10.2. The van der Waals surface area contributed by atoms with Crippen LogP contribution in [0, 0.1) is 0 Å². The number of sulfone groups is 1.